The van der Waals surface area contributed by atoms with E-state index in [9.17, 15) is 9.32 Å². The minimum Gasteiger partial charge on any atom is -0.392 e. The summed E-state index contributed by atoms with van der Waals surface area (Å²) in [6.45, 7) is 2.33. The van der Waals surface area contributed by atoms with E-state index in [1.807, 2.05) is 61.5 Å². The number of rotatable bonds is 2. The fraction of sp³-hybridized carbons (Fsp3) is 0.333. The van der Waals surface area contributed by atoms with Crippen LogP contribution in [0.2, 0.25) is 0 Å². The Hall–Kier alpha value is -1.49. The number of hydrogen-bond acceptors (Lipinski definition) is 3. The molecular formula is C18H20O3S. The van der Waals surface area contributed by atoms with Gasteiger partial charge < -0.3 is 5.11 Å². The second kappa shape index (κ2) is 6.73. The van der Waals surface area contributed by atoms with Gasteiger partial charge in [-0.15, -0.1) is 0 Å². The highest BCUT2D eigenvalue weighted by Crippen LogP contribution is 2.37. The second-order valence-corrected chi connectivity index (χ2v) is 6.75. The van der Waals surface area contributed by atoms with Crippen LogP contribution in [0.25, 0.3) is 0 Å². The summed E-state index contributed by atoms with van der Waals surface area (Å²) in [7, 11) is 0. The SMILES string of the molecule is CC[C@@H]1COS(=O)c2ccccc2[C@@H](c2ccccc2)[C@H]1O. The van der Waals surface area contributed by atoms with E-state index in [0.29, 0.717) is 11.5 Å². The lowest BCUT2D eigenvalue weighted by Gasteiger charge is -2.33. The predicted octanol–water partition coefficient (Wildman–Crippen LogP) is 3.26. The maximum absolute atomic E-state index is 12.4. The van der Waals surface area contributed by atoms with Gasteiger partial charge in [-0.05, 0) is 23.6 Å². The largest absolute Gasteiger partial charge is 0.392 e. The fourth-order valence-electron chi connectivity index (χ4n) is 3.05. The van der Waals surface area contributed by atoms with Gasteiger partial charge >= 0.3 is 0 Å². The Balaban J connectivity index is 2.16. The summed E-state index contributed by atoms with van der Waals surface area (Å²) in [5.41, 5.74) is 1.93. The molecule has 0 amide bonds. The first-order chi connectivity index (χ1) is 10.7. The third-order valence-corrected chi connectivity index (χ3v) is 5.41. The Bertz CT molecular complexity index is 656. The Morgan fingerprint density at radius 1 is 1.14 bits per heavy atom. The molecule has 0 aliphatic carbocycles. The van der Waals surface area contributed by atoms with Crippen LogP contribution in [0.15, 0.2) is 59.5 Å². The van der Waals surface area contributed by atoms with Crippen molar-refractivity contribution in [3.05, 3.63) is 65.7 Å². The molecule has 3 nitrogen and oxygen atoms in total. The first kappa shape index (κ1) is 15.4. The molecule has 3 rings (SSSR count). The minimum atomic E-state index is -1.49. The summed E-state index contributed by atoms with van der Waals surface area (Å²) in [5.74, 6) is -0.224. The van der Waals surface area contributed by atoms with Crippen molar-refractivity contribution in [1.82, 2.24) is 0 Å². The molecule has 0 bridgehead atoms. The summed E-state index contributed by atoms with van der Waals surface area (Å²) in [6, 6.07) is 17.5. The summed E-state index contributed by atoms with van der Waals surface area (Å²) in [6.07, 6.45) is 0.218. The Morgan fingerprint density at radius 3 is 2.55 bits per heavy atom. The third kappa shape index (κ3) is 2.86. The molecule has 0 fully saturated rings. The van der Waals surface area contributed by atoms with Crippen molar-refractivity contribution >= 4 is 11.1 Å². The number of aliphatic hydroxyl groups excluding tert-OH is 1. The van der Waals surface area contributed by atoms with Crippen molar-refractivity contribution < 1.29 is 13.5 Å². The van der Waals surface area contributed by atoms with E-state index in [1.54, 1.807) is 0 Å². The molecule has 1 aliphatic rings. The smallest absolute Gasteiger partial charge is 0.189 e. The maximum Gasteiger partial charge on any atom is 0.189 e. The first-order valence-corrected chi connectivity index (χ1v) is 8.66. The molecule has 0 spiro atoms. The van der Waals surface area contributed by atoms with Crippen LogP contribution in [0.4, 0.5) is 0 Å². The number of hydrogen-bond donors (Lipinski definition) is 1. The van der Waals surface area contributed by atoms with Crippen LogP contribution < -0.4 is 0 Å². The number of fused-ring (bicyclic) bond motifs is 1. The molecule has 0 aromatic heterocycles. The highest BCUT2D eigenvalue weighted by Gasteiger charge is 2.34. The molecule has 116 valence electrons. The van der Waals surface area contributed by atoms with Gasteiger partial charge in [0.25, 0.3) is 0 Å². The molecule has 0 radical (unpaired) electrons. The quantitative estimate of drug-likeness (QED) is 0.925. The molecule has 1 heterocycles. The molecule has 1 aliphatic heterocycles. The van der Waals surface area contributed by atoms with E-state index in [0.717, 1.165) is 17.5 Å². The lowest BCUT2D eigenvalue weighted by Crippen LogP contribution is -2.34. The fourth-order valence-corrected chi connectivity index (χ4v) is 4.06. The number of aliphatic hydroxyl groups is 1. The zero-order valence-corrected chi connectivity index (χ0v) is 13.3. The van der Waals surface area contributed by atoms with Crippen LogP contribution >= 0.6 is 0 Å². The summed E-state index contributed by atoms with van der Waals surface area (Å²) in [4.78, 5) is 0.657. The second-order valence-electron chi connectivity index (χ2n) is 5.60. The maximum atomic E-state index is 12.4. The van der Waals surface area contributed by atoms with Gasteiger partial charge in [0.2, 0.25) is 0 Å². The molecular weight excluding hydrogens is 296 g/mol. The van der Waals surface area contributed by atoms with E-state index >= 15 is 0 Å². The van der Waals surface area contributed by atoms with Crippen molar-refractivity contribution in [1.29, 1.82) is 0 Å². The zero-order chi connectivity index (χ0) is 15.5. The molecule has 1 unspecified atom stereocenters. The summed E-state index contributed by atoms with van der Waals surface area (Å²) < 4.78 is 17.9. The average molecular weight is 316 g/mol. The van der Waals surface area contributed by atoms with Crippen molar-refractivity contribution in [2.45, 2.75) is 30.3 Å². The van der Waals surface area contributed by atoms with Crippen molar-refractivity contribution in [3.8, 4) is 0 Å². The van der Waals surface area contributed by atoms with Gasteiger partial charge in [-0.25, -0.2) is 4.21 Å². The van der Waals surface area contributed by atoms with Crippen molar-refractivity contribution in [2.24, 2.45) is 5.92 Å². The van der Waals surface area contributed by atoms with Gasteiger partial charge in [-0.2, -0.15) is 0 Å². The molecule has 0 saturated carbocycles. The summed E-state index contributed by atoms with van der Waals surface area (Å²) >= 11 is -1.49. The van der Waals surface area contributed by atoms with Gasteiger partial charge in [0, 0.05) is 11.8 Å². The first-order valence-electron chi connectivity index (χ1n) is 7.59. The van der Waals surface area contributed by atoms with E-state index in [2.05, 4.69) is 0 Å². The van der Waals surface area contributed by atoms with Crippen molar-refractivity contribution in [3.63, 3.8) is 0 Å². The normalized spacial score (nSPS) is 28.5. The van der Waals surface area contributed by atoms with Gasteiger partial charge in [-0.3, -0.25) is 4.18 Å². The lowest BCUT2D eigenvalue weighted by atomic mass is 9.80. The topological polar surface area (TPSA) is 46.5 Å². The van der Waals surface area contributed by atoms with E-state index in [-0.39, 0.29) is 11.8 Å². The lowest BCUT2D eigenvalue weighted by molar-refractivity contribution is 0.0600. The molecule has 4 atom stereocenters. The van der Waals surface area contributed by atoms with Crippen molar-refractivity contribution in [2.75, 3.05) is 6.61 Å². The summed E-state index contributed by atoms with van der Waals surface area (Å²) in [5, 5.41) is 10.9. The van der Waals surface area contributed by atoms with Gasteiger partial charge in [0.05, 0.1) is 17.6 Å². The van der Waals surface area contributed by atoms with Crippen LogP contribution in [0.5, 0.6) is 0 Å². The van der Waals surface area contributed by atoms with Crippen LogP contribution in [-0.2, 0) is 15.3 Å². The molecule has 4 heteroatoms. The van der Waals surface area contributed by atoms with E-state index < -0.39 is 17.2 Å². The Kier molecular flexibility index (Phi) is 4.71. The molecule has 2 aromatic rings. The van der Waals surface area contributed by atoms with Crippen LogP contribution in [0.1, 0.15) is 30.4 Å². The number of benzene rings is 2. The Morgan fingerprint density at radius 2 is 1.82 bits per heavy atom. The van der Waals surface area contributed by atoms with Gasteiger partial charge in [0.15, 0.2) is 11.1 Å². The molecule has 22 heavy (non-hydrogen) atoms. The van der Waals surface area contributed by atoms with E-state index in [1.165, 1.54) is 0 Å². The minimum absolute atomic E-state index is 0.0393. The Labute approximate surface area is 133 Å². The van der Waals surface area contributed by atoms with Gasteiger partial charge in [0.1, 0.15) is 0 Å². The standard InChI is InChI=1S/C18H20O3S/c1-2-13-12-21-22(20)16-11-7-6-10-15(16)17(18(13)19)14-8-4-3-5-9-14/h3-11,13,17-19H,2,12H2,1H3/t13-,17-,18+,22?/m1/s1. The van der Waals surface area contributed by atoms with Crippen LogP contribution in [0, 0.1) is 5.92 Å². The predicted molar refractivity (Wildman–Crippen MR) is 86.9 cm³/mol. The van der Waals surface area contributed by atoms with Gasteiger partial charge in [-0.1, -0.05) is 55.5 Å². The average Bonchev–Trinajstić information content (AvgIpc) is 2.56. The zero-order valence-electron chi connectivity index (χ0n) is 12.5. The molecule has 1 N–H and O–H groups in total. The van der Waals surface area contributed by atoms with Crippen LogP contribution in [0.3, 0.4) is 0 Å². The molecule has 2 aromatic carbocycles. The molecule has 0 saturated heterocycles. The highest BCUT2D eigenvalue weighted by atomic mass is 32.2. The highest BCUT2D eigenvalue weighted by molar-refractivity contribution is 7.80. The monoisotopic (exact) mass is 316 g/mol. The third-order valence-electron chi connectivity index (χ3n) is 4.33. The van der Waals surface area contributed by atoms with E-state index in [4.69, 9.17) is 4.18 Å². The van der Waals surface area contributed by atoms with Crippen LogP contribution in [-0.4, -0.2) is 22.0 Å².